The minimum atomic E-state index is -4.54. The number of hydrogen-bond acceptors (Lipinski definition) is 4. The first-order chi connectivity index (χ1) is 14.1. The van der Waals surface area contributed by atoms with E-state index in [2.05, 4.69) is 14.7 Å². The third-order valence-corrected chi connectivity index (χ3v) is 5.89. The lowest BCUT2D eigenvalue weighted by Crippen LogP contribution is -2.14. The molecular formula is C20H15F3N4O2S. The van der Waals surface area contributed by atoms with Crippen molar-refractivity contribution in [3.05, 3.63) is 78.2 Å². The standard InChI is InChI=1S/C20H15F3N4O2S/c1-13-3-4-14(18-12-27-10-2-9-24-19(27)25-18)11-17(13)26-30(28,29)16-7-5-15(6-8-16)20(21,22)23/h2-12,26H,1H3. The van der Waals surface area contributed by atoms with E-state index in [0.717, 1.165) is 24.3 Å². The summed E-state index contributed by atoms with van der Waals surface area (Å²) in [5.41, 5.74) is 1.30. The van der Waals surface area contributed by atoms with Crippen LogP contribution in [0.5, 0.6) is 0 Å². The number of sulfonamides is 1. The first kappa shape index (κ1) is 19.9. The van der Waals surface area contributed by atoms with E-state index >= 15 is 0 Å². The number of benzene rings is 2. The van der Waals surface area contributed by atoms with Gasteiger partial charge in [-0.25, -0.2) is 18.4 Å². The summed E-state index contributed by atoms with van der Waals surface area (Å²) >= 11 is 0. The Balaban J connectivity index is 1.66. The second-order valence-corrected chi connectivity index (χ2v) is 8.29. The number of fused-ring (bicyclic) bond motifs is 1. The summed E-state index contributed by atoms with van der Waals surface area (Å²) < 4.78 is 67.7. The molecule has 2 aromatic heterocycles. The number of nitrogens with zero attached hydrogens (tertiary/aromatic N) is 3. The highest BCUT2D eigenvalue weighted by molar-refractivity contribution is 7.92. The molecule has 1 N–H and O–H groups in total. The molecule has 0 aliphatic rings. The van der Waals surface area contributed by atoms with Crippen LogP contribution in [0.15, 0.2) is 72.0 Å². The van der Waals surface area contributed by atoms with Crippen LogP contribution in [-0.2, 0) is 16.2 Å². The molecule has 4 aromatic rings. The number of anilines is 1. The van der Waals surface area contributed by atoms with E-state index in [1.165, 1.54) is 0 Å². The highest BCUT2D eigenvalue weighted by Crippen LogP contribution is 2.31. The van der Waals surface area contributed by atoms with Crippen LogP contribution >= 0.6 is 0 Å². The molecular weight excluding hydrogens is 417 g/mol. The topological polar surface area (TPSA) is 76.4 Å². The van der Waals surface area contributed by atoms with Crippen molar-refractivity contribution in [1.82, 2.24) is 14.4 Å². The molecule has 0 spiro atoms. The zero-order chi connectivity index (χ0) is 21.5. The lowest BCUT2D eigenvalue weighted by molar-refractivity contribution is -0.137. The van der Waals surface area contributed by atoms with Crippen molar-refractivity contribution in [1.29, 1.82) is 0 Å². The Kier molecular flexibility index (Phi) is 4.73. The summed E-state index contributed by atoms with van der Waals surface area (Å²) in [6.45, 7) is 1.72. The van der Waals surface area contributed by atoms with E-state index in [1.54, 1.807) is 54.2 Å². The maximum absolute atomic E-state index is 12.7. The fourth-order valence-electron chi connectivity index (χ4n) is 2.89. The van der Waals surface area contributed by atoms with Gasteiger partial charge in [-0.05, 0) is 48.9 Å². The molecule has 0 bridgehead atoms. The second-order valence-electron chi connectivity index (χ2n) is 6.61. The first-order valence-electron chi connectivity index (χ1n) is 8.74. The highest BCUT2D eigenvalue weighted by Gasteiger charge is 2.30. The van der Waals surface area contributed by atoms with E-state index in [9.17, 15) is 21.6 Å². The first-order valence-corrected chi connectivity index (χ1v) is 10.2. The molecule has 0 aliphatic heterocycles. The number of rotatable bonds is 4. The number of halogens is 3. The Morgan fingerprint density at radius 1 is 1.07 bits per heavy atom. The van der Waals surface area contributed by atoms with Gasteiger partial charge in [-0.2, -0.15) is 13.2 Å². The van der Waals surface area contributed by atoms with Crippen LogP contribution in [0.25, 0.3) is 17.0 Å². The van der Waals surface area contributed by atoms with Crippen LogP contribution in [0.4, 0.5) is 18.9 Å². The number of aryl methyl sites for hydroxylation is 1. The van der Waals surface area contributed by atoms with Gasteiger partial charge >= 0.3 is 6.18 Å². The SMILES string of the molecule is Cc1ccc(-c2cn3cccnc3n2)cc1NS(=O)(=O)c1ccc(C(F)(F)F)cc1. The monoisotopic (exact) mass is 432 g/mol. The van der Waals surface area contributed by atoms with Crippen LogP contribution in [0.1, 0.15) is 11.1 Å². The van der Waals surface area contributed by atoms with Crippen LogP contribution < -0.4 is 4.72 Å². The van der Waals surface area contributed by atoms with E-state index in [-0.39, 0.29) is 4.90 Å². The van der Waals surface area contributed by atoms with Gasteiger partial charge in [0.05, 0.1) is 21.8 Å². The van der Waals surface area contributed by atoms with Gasteiger partial charge in [0.15, 0.2) is 0 Å². The third kappa shape index (κ3) is 3.86. The molecule has 6 nitrogen and oxygen atoms in total. The fourth-order valence-corrected chi connectivity index (χ4v) is 4.01. The molecule has 0 atom stereocenters. The zero-order valence-electron chi connectivity index (χ0n) is 15.6. The molecule has 0 aliphatic carbocycles. The number of hydrogen-bond donors (Lipinski definition) is 1. The van der Waals surface area contributed by atoms with Crippen LogP contribution in [0.3, 0.4) is 0 Å². The summed E-state index contributed by atoms with van der Waals surface area (Å²) in [5.74, 6) is 0.500. The summed E-state index contributed by atoms with van der Waals surface area (Å²) in [5, 5.41) is 0. The van der Waals surface area contributed by atoms with Crippen molar-refractivity contribution in [3.63, 3.8) is 0 Å². The maximum atomic E-state index is 12.7. The van der Waals surface area contributed by atoms with E-state index in [4.69, 9.17) is 0 Å². The van der Waals surface area contributed by atoms with Gasteiger partial charge in [0.2, 0.25) is 5.78 Å². The smallest absolute Gasteiger partial charge is 0.291 e. The molecule has 154 valence electrons. The van der Waals surface area contributed by atoms with Crippen molar-refractivity contribution < 1.29 is 21.6 Å². The van der Waals surface area contributed by atoms with Gasteiger partial charge in [0.1, 0.15) is 0 Å². The normalized spacial score (nSPS) is 12.3. The molecule has 0 radical (unpaired) electrons. The number of aromatic nitrogens is 3. The van der Waals surface area contributed by atoms with E-state index < -0.39 is 21.8 Å². The summed E-state index contributed by atoms with van der Waals surface area (Å²) in [6.07, 6.45) is 0.636. The number of nitrogens with one attached hydrogen (secondary N) is 1. The van der Waals surface area contributed by atoms with Gasteiger partial charge in [0, 0.05) is 24.2 Å². The van der Waals surface area contributed by atoms with Crippen molar-refractivity contribution in [2.75, 3.05) is 4.72 Å². The Morgan fingerprint density at radius 2 is 1.80 bits per heavy atom. The minimum absolute atomic E-state index is 0.266. The summed E-state index contributed by atoms with van der Waals surface area (Å²) in [7, 11) is -4.08. The van der Waals surface area contributed by atoms with Gasteiger partial charge < -0.3 is 0 Å². The second kappa shape index (κ2) is 7.13. The summed E-state index contributed by atoms with van der Waals surface area (Å²) in [4.78, 5) is 8.29. The Hall–Kier alpha value is -3.40. The molecule has 0 unspecified atom stereocenters. The third-order valence-electron chi connectivity index (χ3n) is 4.51. The lowest BCUT2D eigenvalue weighted by Gasteiger charge is -2.13. The Bertz CT molecular complexity index is 1300. The van der Waals surface area contributed by atoms with Crippen LogP contribution in [-0.4, -0.2) is 22.8 Å². The lowest BCUT2D eigenvalue weighted by atomic mass is 10.1. The molecule has 4 rings (SSSR count). The van der Waals surface area contributed by atoms with Crippen molar-refractivity contribution in [3.8, 4) is 11.3 Å². The van der Waals surface area contributed by atoms with Crippen LogP contribution in [0, 0.1) is 6.92 Å². The molecule has 2 heterocycles. The predicted octanol–water partition coefficient (Wildman–Crippen LogP) is 4.52. The number of alkyl halides is 3. The quantitative estimate of drug-likeness (QED) is 0.514. The molecule has 10 heteroatoms. The maximum Gasteiger partial charge on any atom is 0.416 e. The minimum Gasteiger partial charge on any atom is -0.291 e. The highest BCUT2D eigenvalue weighted by atomic mass is 32.2. The van der Waals surface area contributed by atoms with Gasteiger partial charge in [-0.3, -0.25) is 9.12 Å². The molecule has 2 aromatic carbocycles. The molecule has 0 amide bonds. The molecule has 0 fully saturated rings. The Morgan fingerprint density at radius 3 is 2.47 bits per heavy atom. The fraction of sp³-hybridized carbons (Fsp3) is 0.100. The molecule has 0 saturated carbocycles. The zero-order valence-corrected chi connectivity index (χ0v) is 16.4. The van der Waals surface area contributed by atoms with Gasteiger partial charge in [0.25, 0.3) is 10.0 Å². The summed E-state index contributed by atoms with van der Waals surface area (Å²) in [6, 6.07) is 10.2. The Labute approximate surface area is 170 Å². The number of imidazole rings is 1. The van der Waals surface area contributed by atoms with Crippen LogP contribution in [0.2, 0.25) is 0 Å². The predicted molar refractivity (Wildman–Crippen MR) is 105 cm³/mol. The van der Waals surface area contributed by atoms with E-state index in [1.807, 2.05) is 0 Å². The largest absolute Gasteiger partial charge is 0.416 e. The van der Waals surface area contributed by atoms with Gasteiger partial charge in [-0.15, -0.1) is 0 Å². The van der Waals surface area contributed by atoms with E-state index in [0.29, 0.717) is 28.3 Å². The van der Waals surface area contributed by atoms with Gasteiger partial charge in [-0.1, -0.05) is 12.1 Å². The average Bonchev–Trinajstić information content (AvgIpc) is 3.13. The van der Waals surface area contributed by atoms with Crippen molar-refractivity contribution >= 4 is 21.5 Å². The average molecular weight is 432 g/mol. The van der Waals surface area contributed by atoms with Crippen molar-refractivity contribution in [2.24, 2.45) is 0 Å². The molecule has 30 heavy (non-hydrogen) atoms. The molecule has 0 saturated heterocycles. The van der Waals surface area contributed by atoms with Crippen molar-refractivity contribution in [2.45, 2.75) is 18.0 Å².